The number of halogens is 1. The molecule has 1 aliphatic rings. The lowest BCUT2D eigenvalue weighted by Gasteiger charge is -2.14. The van der Waals surface area contributed by atoms with E-state index in [9.17, 15) is 14.0 Å². The van der Waals surface area contributed by atoms with E-state index in [4.69, 9.17) is 0 Å². The Kier molecular flexibility index (Phi) is 4.46. The molecule has 0 unspecified atom stereocenters. The van der Waals surface area contributed by atoms with Crippen LogP contribution in [0, 0.1) is 11.7 Å². The lowest BCUT2D eigenvalue weighted by molar-refractivity contribution is -0.126. The molecule has 0 spiro atoms. The number of hydrogen-bond acceptors (Lipinski definition) is 3. The summed E-state index contributed by atoms with van der Waals surface area (Å²) in [6.45, 7) is 0.718. The van der Waals surface area contributed by atoms with Gasteiger partial charge in [-0.3, -0.25) is 19.6 Å². The minimum Gasteiger partial charge on any atom is -0.361 e. The smallest absolute Gasteiger partial charge is 0.229 e. The summed E-state index contributed by atoms with van der Waals surface area (Å²) in [5.74, 6) is -0.417. The zero-order chi connectivity index (χ0) is 20.7. The van der Waals surface area contributed by atoms with Crippen LogP contribution in [0.4, 0.5) is 10.2 Å². The molecule has 2 aromatic heterocycles. The number of H-pyrrole nitrogens is 2. The van der Waals surface area contributed by atoms with Gasteiger partial charge in [-0.15, -0.1) is 0 Å². The fraction of sp³-hybridized carbons (Fsp3) is 0.227. The zero-order valence-electron chi connectivity index (χ0n) is 16.1. The summed E-state index contributed by atoms with van der Waals surface area (Å²) >= 11 is 0. The Balaban J connectivity index is 1.23. The van der Waals surface area contributed by atoms with E-state index in [1.165, 1.54) is 12.1 Å². The van der Waals surface area contributed by atoms with Crippen molar-refractivity contribution in [3.05, 3.63) is 60.0 Å². The lowest BCUT2D eigenvalue weighted by Crippen LogP contribution is -2.34. The minimum absolute atomic E-state index is 0.112. The van der Waals surface area contributed by atoms with Gasteiger partial charge in [-0.05, 0) is 42.3 Å². The van der Waals surface area contributed by atoms with Crippen molar-refractivity contribution in [1.29, 1.82) is 0 Å². The normalized spacial score (nSPS) is 16.6. The van der Waals surface area contributed by atoms with E-state index >= 15 is 0 Å². The Bertz CT molecular complexity index is 1260. The molecule has 3 heterocycles. The Morgan fingerprint density at radius 3 is 2.97 bits per heavy atom. The van der Waals surface area contributed by atoms with Gasteiger partial charge in [-0.1, -0.05) is 12.1 Å². The molecule has 2 aromatic carbocycles. The van der Waals surface area contributed by atoms with Gasteiger partial charge < -0.3 is 10.3 Å². The first-order valence-corrected chi connectivity index (χ1v) is 9.87. The second-order valence-electron chi connectivity index (χ2n) is 7.54. The summed E-state index contributed by atoms with van der Waals surface area (Å²) in [7, 11) is 0. The Hall–Kier alpha value is -3.68. The number of aromatic amines is 2. The number of carbonyl (C=O) groups excluding carboxylic acids is 2. The highest BCUT2D eigenvalue weighted by Crippen LogP contribution is 2.29. The number of benzene rings is 2. The highest BCUT2D eigenvalue weighted by atomic mass is 19.1. The third kappa shape index (κ3) is 3.20. The molecule has 4 aromatic rings. The number of hydrogen-bond donors (Lipinski definition) is 3. The molecule has 7 nitrogen and oxygen atoms in total. The van der Waals surface area contributed by atoms with E-state index in [0.29, 0.717) is 25.3 Å². The molecule has 1 atom stereocenters. The molecule has 0 saturated carbocycles. The zero-order valence-corrected chi connectivity index (χ0v) is 16.1. The SMILES string of the molecule is O=C(NCCc1c[nH]c2ccc(F)cc12)[C@H]1CC(=O)N(c2n[nH]c3ccccc23)C1. The maximum atomic E-state index is 13.5. The van der Waals surface area contributed by atoms with Gasteiger partial charge in [-0.2, -0.15) is 5.10 Å². The molecular formula is C22H20FN5O2. The van der Waals surface area contributed by atoms with Crippen LogP contribution in [0.5, 0.6) is 0 Å². The van der Waals surface area contributed by atoms with E-state index in [1.54, 1.807) is 11.0 Å². The van der Waals surface area contributed by atoms with Gasteiger partial charge in [0, 0.05) is 42.0 Å². The molecule has 1 saturated heterocycles. The molecular weight excluding hydrogens is 385 g/mol. The van der Waals surface area contributed by atoms with Crippen molar-refractivity contribution in [1.82, 2.24) is 20.5 Å². The standard InChI is InChI=1S/C22H20FN5O2/c23-15-5-6-18-17(10-15)13(11-25-18)7-8-24-22(30)14-9-20(29)28(12-14)21-16-3-1-2-4-19(16)26-27-21/h1-6,10-11,14,25H,7-9,12H2,(H,24,30)(H,26,27)/t14-/m0/s1. The molecule has 0 bridgehead atoms. The van der Waals surface area contributed by atoms with Crippen LogP contribution in [0.3, 0.4) is 0 Å². The first-order valence-electron chi connectivity index (χ1n) is 9.87. The van der Waals surface area contributed by atoms with Crippen molar-refractivity contribution in [3.63, 3.8) is 0 Å². The third-order valence-electron chi connectivity index (χ3n) is 5.62. The highest BCUT2D eigenvalue weighted by molar-refractivity contribution is 6.05. The van der Waals surface area contributed by atoms with E-state index < -0.39 is 5.92 Å². The first kappa shape index (κ1) is 18.4. The molecule has 0 radical (unpaired) electrons. The van der Waals surface area contributed by atoms with Crippen molar-refractivity contribution < 1.29 is 14.0 Å². The summed E-state index contributed by atoms with van der Waals surface area (Å²) in [4.78, 5) is 29.8. The van der Waals surface area contributed by atoms with Gasteiger partial charge >= 0.3 is 0 Å². The van der Waals surface area contributed by atoms with Gasteiger partial charge in [0.1, 0.15) is 5.82 Å². The Morgan fingerprint density at radius 2 is 2.07 bits per heavy atom. The van der Waals surface area contributed by atoms with Crippen LogP contribution in [-0.4, -0.2) is 40.1 Å². The molecule has 3 N–H and O–H groups in total. The predicted molar refractivity (Wildman–Crippen MR) is 112 cm³/mol. The van der Waals surface area contributed by atoms with Gasteiger partial charge in [0.15, 0.2) is 5.82 Å². The minimum atomic E-state index is -0.423. The fourth-order valence-electron chi connectivity index (χ4n) is 4.06. The summed E-state index contributed by atoms with van der Waals surface area (Å²) in [6, 6.07) is 12.2. The van der Waals surface area contributed by atoms with Crippen LogP contribution in [0.25, 0.3) is 21.8 Å². The predicted octanol–water partition coefficient (Wildman–Crippen LogP) is 2.90. The van der Waals surface area contributed by atoms with E-state index in [1.807, 2.05) is 30.5 Å². The average molecular weight is 405 g/mol. The number of amides is 2. The molecule has 5 rings (SSSR count). The van der Waals surface area contributed by atoms with Crippen LogP contribution in [0.15, 0.2) is 48.7 Å². The van der Waals surface area contributed by atoms with Gasteiger partial charge in [0.25, 0.3) is 0 Å². The van der Waals surface area contributed by atoms with Crippen LogP contribution in [0.2, 0.25) is 0 Å². The van der Waals surface area contributed by atoms with Crippen LogP contribution in [0.1, 0.15) is 12.0 Å². The number of anilines is 1. The molecule has 2 amide bonds. The Morgan fingerprint density at radius 1 is 1.20 bits per heavy atom. The number of carbonyl (C=O) groups is 2. The quantitative estimate of drug-likeness (QED) is 0.477. The molecule has 1 aliphatic heterocycles. The topological polar surface area (TPSA) is 93.9 Å². The summed E-state index contributed by atoms with van der Waals surface area (Å²) in [5.41, 5.74) is 2.65. The number of rotatable bonds is 5. The molecule has 8 heteroatoms. The van der Waals surface area contributed by atoms with Crippen LogP contribution in [-0.2, 0) is 16.0 Å². The number of fused-ring (bicyclic) bond motifs is 2. The van der Waals surface area contributed by atoms with Crippen molar-refractivity contribution in [2.24, 2.45) is 5.92 Å². The lowest BCUT2D eigenvalue weighted by atomic mass is 10.1. The average Bonchev–Trinajstić information content (AvgIpc) is 3.44. The van der Waals surface area contributed by atoms with Gasteiger partial charge in [0.05, 0.1) is 11.4 Å². The maximum Gasteiger partial charge on any atom is 0.229 e. The third-order valence-corrected chi connectivity index (χ3v) is 5.62. The van der Waals surface area contributed by atoms with Crippen molar-refractivity contribution >= 4 is 39.4 Å². The highest BCUT2D eigenvalue weighted by Gasteiger charge is 2.36. The second-order valence-corrected chi connectivity index (χ2v) is 7.54. The first-order chi connectivity index (χ1) is 14.6. The molecule has 152 valence electrons. The number of nitrogens with zero attached hydrogens (tertiary/aromatic N) is 2. The van der Waals surface area contributed by atoms with Crippen molar-refractivity contribution in [3.8, 4) is 0 Å². The number of aromatic nitrogens is 3. The monoisotopic (exact) mass is 405 g/mol. The van der Waals surface area contributed by atoms with Crippen LogP contribution < -0.4 is 10.2 Å². The molecule has 1 fully saturated rings. The summed E-state index contributed by atoms with van der Waals surface area (Å²) in [5, 5.41) is 11.8. The van der Waals surface area contributed by atoms with E-state index in [0.717, 1.165) is 27.4 Å². The van der Waals surface area contributed by atoms with Gasteiger partial charge in [0.2, 0.25) is 11.8 Å². The number of nitrogens with one attached hydrogen (secondary N) is 3. The molecule has 30 heavy (non-hydrogen) atoms. The van der Waals surface area contributed by atoms with E-state index in [2.05, 4.69) is 20.5 Å². The fourth-order valence-corrected chi connectivity index (χ4v) is 4.06. The summed E-state index contributed by atoms with van der Waals surface area (Å²) in [6.07, 6.45) is 2.56. The molecule has 0 aliphatic carbocycles. The maximum absolute atomic E-state index is 13.5. The van der Waals surface area contributed by atoms with Gasteiger partial charge in [-0.25, -0.2) is 4.39 Å². The van der Waals surface area contributed by atoms with E-state index in [-0.39, 0.29) is 24.1 Å². The van der Waals surface area contributed by atoms with Crippen molar-refractivity contribution in [2.75, 3.05) is 18.0 Å². The Labute approximate surface area is 171 Å². The van der Waals surface area contributed by atoms with Crippen molar-refractivity contribution in [2.45, 2.75) is 12.8 Å². The van der Waals surface area contributed by atoms with Crippen LogP contribution >= 0.6 is 0 Å². The number of para-hydroxylation sites is 1. The second kappa shape index (κ2) is 7.29. The largest absolute Gasteiger partial charge is 0.361 e. The summed E-state index contributed by atoms with van der Waals surface area (Å²) < 4.78 is 13.5.